The number of carbonyl (C=O) groups excluding carboxylic acids is 2. The highest BCUT2D eigenvalue weighted by Gasteiger charge is 2.33. The van der Waals surface area contributed by atoms with Crippen molar-refractivity contribution in [1.82, 2.24) is 9.88 Å². The number of carbonyl (C=O) groups is 2. The summed E-state index contributed by atoms with van der Waals surface area (Å²) < 4.78 is 0. The number of nitrogens with one attached hydrogen (secondary N) is 1. The zero-order valence-corrected chi connectivity index (χ0v) is 7.41. The lowest BCUT2D eigenvalue weighted by atomic mass is 9.99. The van der Waals surface area contributed by atoms with Crippen LogP contribution in [0.3, 0.4) is 0 Å². The molecule has 0 bridgehead atoms. The number of H-pyrrole nitrogens is 1. The number of hydrogen-bond acceptors (Lipinski definition) is 3. The maximum atomic E-state index is 11.8. The molecule has 1 aliphatic carbocycles. The first-order chi connectivity index (χ1) is 6.77. The van der Waals surface area contributed by atoms with Crippen LogP contribution in [0.1, 0.15) is 20.8 Å². The predicted octanol–water partition coefficient (Wildman–Crippen LogP) is 0.593. The Bertz CT molecular complexity index is 466. The summed E-state index contributed by atoms with van der Waals surface area (Å²) in [5.41, 5.74) is 1.46. The third kappa shape index (κ3) is 0.878. The minimum Gasteiger partial charge on any atom is -0.365 e. The molecule has 4 heteroatoms. The predicted molar refractivity (Wildman–Crippen MR) is 49.1 cm³/mol. The lowest BCUT2D eigenvalue weighted by molar-refractivity contribution is 0.0968. The summed E-state index contributed by atoms with van der Waals surface area (Å²) in [5, 5.41) is 0. The molecular weight excluding hydrogens is 180 g/mol. The first-order valence-electron chi connectivity index (χ1n) is 4.50. The molecule has 2 aliphatic rings. The van der Waals surface area contributed by atoms with E-state index < -0.39 is 0 Å². The Morgan fingerprint density at radius 2 is 2.07 bits per heavy atom. The van der Waals surface area contributed by atoms with Gasteiger partial charge >= 0.3 is 0 Å². The van der Waals surface area contributed by atoms with Crippen molar-refractivity contribution >= 4 is 11.6 Å². The summed E-state index contributed by atoms with van der Waals surface area (Å²) in [6.45, 7) is 1.76. The van der Waals surface area contributed by atoms with Crippen molar-refractivity contribution in [2.45, 2.75) is 0 Å². The molecular formula is C10H8N2O2. The number of aromatic nitrogens is 1. The molecule has 14 heavy (non-hydrogen) atoms. The number of ketones is 2. The van der Waals surface area contributed by atoms with Crippen LogP contribution in [0.5, 0.6) is 0 Å². The van der Waals surface area contributed by atoms with Crippen molar-refractivity contribution in [2.24, 2.45) is 0 Å². The van der Waals surface area contributed by atoms with E-state index in [1.165, 1.54) is 6.08 Å². The van der Waals surface area contributed by atoms with Crippen molar-refractivity contribution in [3.8, 4) is 0 Å². The fourth-order valence-electron chi connectivity index (χ4n) is 1.69. The Kier molecular flexibility index (Phi) is 1.27. The Hall–Kier alpha value is -1.84. The molecule has 0 radical (unpaired) electrons. The van der Waals surface area contributed by atoms with E-state index in [4.69, 9.17) is 0 Å². The number of fused-ring (bicyclic) bond motifs is 1. The van der Waals surface area contributed by atoms with Crippen LogP contribution in [0.2, 0.25) is 0 Å². The normalized spacial score (nSPS) is 19.4. The van der Waals surface area contributed by atoms with Crippen molar-refractivity contribution in [2.75, 3.05) is 13.1 Å². The van der Waals surface area contributed by atoms with E-state index in [9.17, 15) is 9.59 Å². The molecule has 0 aromatic carbocycles. The van der Waals surface area contributed by atoms with Gasteiger partial charge in [-0.1, -0.05) is 0 Å². The maximum Gasteiger partial charge on any atom is 0.211 e. The van der Waals surface area contributed by atoms with E-state index in [2.05, 4.69) is 4.98 Å². The number of rotatable bonds is 1. The topological polar surface area (TPSA) is 52.9 Å². The van der Waals surface area contributed by atoms with E-state index in [1.54, 1.807) is 12.3 Å². The van der Waals surface area contributed by atoms with Crippen LogP contribution < -0.4 is 0 Å². The summed E-state index contributed by atoms with van der Waals surface area (Å²) >= 11 is 0. The van der Waals surface area contributed by atoms with Crippen LogP contribution >= 0.6 is 0 Å². The lowest BCUT2D eigenvalue weighted by Gasteiger charge is -2.12. The summed E-state index contributed by atoms with van der Waals surface area (Å²) in [6, 6.07) is 1.66. The summed E-state index contributed by atoms with van der Waals surface area (Å²) in [4.78, 5) is 28.1. The van der Waals surface area contributed by atoms with Gasteiger partial charge in [0.1, 0.15) is 0 Å². The second kappa shape index (κ2) is 2.35. The molecule has 0 amide bonds. The number of Topliss-reactive ketones (excluding diaryl/α,β-unsaturated/α-hetero) is 1. The highest BCUT2D eigenvalue weighted by molar-refractivity contribution is 6.23. The molecule has 1 aromatic heterocycles. The molecule has 0 atom stereocenters. The van der Waals surface area contributed by atoms with Gasteiger partial charge in [0.25, 0.3) is 0 Å². The molecule has 4 nitrogen and oxygen atoms in total. The van der Waals surface area contributed by atoms with Crippen LogP contribution in [0, 0.1) is 0 Å². The molecule has 1 saturated heterocycles. The average Bonchev–Trinajstić information content (AvgIpc) is 2.88. The smallest absolute Gasteiger partial charge is 0.211 e. The van der Waals surface area contributed by atoms with Gasteiger partial charge in [-0.15, -0.1) is 0 Å². The molecule has 0 saturated carbocycles. The van der Waals surface area contributed by atoms with Gasteiger partial charge in [-0.2, -0.15) is 0 Å². The maximum absolute atomic E-state index is 11.8. The van der Waals surface area contributed by atoms with Crippen molar-refractivity contribution in [3.63, 3.8) is 0 Å². The zero-order valence-electron chi connectivity index (χ0n) is 7.41. The third-order valence-corrected chi connectivity index (χ3v) is 2.53. The van der Waals surface area contributed by atoms with E-state index in [-0.39, 0.29) is 11.6 Å². The van der Waals surface area contributed by atoms with Crippen molar-refractivity contribution in [1.29, 1.82) is 0 Å². The molecule has 1 aliphatic heterocycles. The molecule has 0 spiro atoms. The highest BCUT2D eigenvalue weighted by Crippen LogP contribution is 2.25. The molecule has 1 fully saturated rings. The number of nitrogens with zero attached hydrogens (tertiary/aromatic N) is 1. The average molecular weight is 188 g/mol. The quantitative estimate of drug-likeness (QED) is 0.656. The van der Waals surface area contributed by atoms with Gasteiger partial charge in [0, 0.05) is 25.4 Å². The minimum atomic E-state index is -0.105. The molecule has 1 aromatic rings. The standard InChI is InChI=1S/C10H8N2O2/c13-8-5-7(12-3-4-12)10(14)6-1-2-11-9(6)8/h1-2,5,11H,3-4H2. The van der Waals surface area contributed by atoms with E-state index in [0.717, 1.165) is 13.1 Å². The summed E-state index contributed by atoms with van der Waals surface area (Å²) in [7, 11) is 0. The van der Waals surface area contributed by atoms with Gasteiger partial charge in [0.05, 0.1) is 17.0 Å². The Labute approximate surface area is 80.2 Å². The Morgan fingerprint density at radius 3 is 2.79 bits per heavy atom. The van der Waals surface area contributed by atoms with Crippen LogP contribution in [-0.4, -0.2) is 34.5 Å². The summed E-state index contributed by atoms with van der Waals surface area (Å²) in [6.07, 6.45) is 3.05. The summed E-state index contributed by atoms with van der Waals surface area (Å²) in [5.74, 6) is -0.148. The van der Waals surface area contributed by atoms with Gasteiger partial charge in [-0.05, 0) is 6.07 Å². The number of hydrogen-bond donors (Lipinski definition) is 1. The first-order valence-corrected chi connectivity index (χ1v) is 4.50. The van der Waals surface area contributed by atoms with Crippen molar-refractivity contribution < 1.29 is 9.59 Å². The monoisotopic (exact) mass is 188 g/mol. The largest absolute Gasteiger partial charge is 0.365 e. The van der Waals surface area contributed by atoms with Gasteiger partial charge in [-0.25, -0.2) is 0 Å². The molecule has 3 rings (SSSR count). The van der Waals surface area contributed by atoms with Gasteiger partial charge in [-0.3, -0.25) is 9.59 Å². The fraction of sp³-hybridized carbons (Fsp3) is 0.200. The number of allylic oxidation sites excluding steroid dienone is 2. The van der Waals surface area contributed by atoms with Crippen LogP contribution in [0.15, 0.2) is 24.0 Å². The van der Waals surface area contributed by atoms with Gasteiger partial charge < -0.3 is 9.88 Å². The zero-order chi connectivity index (χ0) is 9.71. The molecule has 0 unspecified atom stereocenters. The van der Waals surface area contributed by atoms with Crippen LogP contribution in [-0.2, 0) is 0 Å². The minimum absolute atomic E-state index is 0.0432. The second-order valence-corrected chi connectivity index (χ2v) is 3.48. The van der Waals surface area contributed by atoms with E-state index in [1.807, 2.05) is 4.90 Å². The van der Waals surface area contributed by atoms with Crippen molar-refractivity contribution in [3.05, 3.63) is 35.3 Å². The van der Waals surface area contributed by atoms with E-state index in [0.29, 0.717) is 17.0 Å². The molecule has 2 heterocycles. The fourth-order valence-corrected chi connectivity index (χ4v) is 1.69. The Morgan fingerprint density at radius 1 is 1.29 bits per heavy atom. The first kappa shape index (κ1) is 7.55. The van der Waals surface area contributed by atoms with E-state index >= 15 is 0 Å². The highest BCUT2D eigenvalue weighted by atomic mass is 16.1. The number of aromatic amines is 1. The third-order valence-electron chi connectivity index (χ3n) is 2.53. The second-order valence-electron chi connectivity index (χ2n) is 3.48. The van der Waals surface area contributed by atoms with Crippen LogP contribution in [0.4, 0.5) is 0 Å². The van der Waals surface area contributed by atoms with Gasteiger partial charge in [0.15, 0.2) is 0 Å². The van der Waals surface area contributed by atoms with Crippen LogP contribution in [0.25, 0.3) is 0 Å². The lowest BCUT2D eigenvalue weighted by Crippen LogP contribution is -2.20. The Balaban J connectivity index is 2.13. The molecule has 70 valence electrons. The molecule has 1 N–H and O–H groups in total. The SMILES string of the molecule is O=C1C(N2CC2)=CC(=O)c2[nH]ccc21. The van der Waals surface area contributed by atoms with Gasteiger partial charge in [0.2, 0.25) is 11.6 Å².